The summed E-state index contributed by atoms with van der Waals surface area (Å²) >= 11 is 0. The Bertz CT molecular complexity index is 580. The molecule has 1 unspecified atom stereocenters. The smallest absolute Gasteiger partial charge is 0.0543 e. The number of rotatable bonds is 4. The predicted octanol–water partition coefficient (Wildman–Crippen LogP) is 4.55. The molecule has 4 rings (SSSR count). The maximum atomic E-state index is 10.9. The van der Waals surface area contributed by atoms with E-state index in [0.29, 0.717) is 22.7 Å². The van der Waals surface area contributed by atoms with Gasteiger partial charge in [0.15, 0.2) is 0 Å². The number of aliphatic carboxylic acids is 1. The molecule has 4 aliphatic carbocycles. The first-order valence-corrected chi connectivity index (χ1v) is 11.6. The van der Waals surface area contributed by atoms with Crippen LogP contribution in [0.25, 0.3) is 0 Å². The van der Waals surface area contributed by atoms with Crippen molar-refractivity contribution in [3.8, 4) is 0 Å². The Morgan fingerprint density at radius 3 is 2.43 bits per heavy atom. The third kappa shape index (κ3) is 3.43. The van der Waals surface area contributed by atoms with E-state index in [9.17, 15) is 15.0 Å². The lowest BCUT2D eigenvalue weighted by atomic mass is 9.44. The number of quaternary nitrogens is 1. The van der Waals surface area contributed by atoms with Crippen LogP contribution in [0.15, 0.2) is 0 Å². The molecule has 4 saturated carbocycles. The van der Waals surface area contributed by atoms with Crippen LogP contribution in [0.5, 0.6) is 0 Å². The van der Waals surface area contributed by atoms with E-state index in [1.807, 2.05) is 0 Å². The van der Waals surface area contributed by atoms with Crippen molar-refractivity contribution in [1.82, 2.24) is 6.15 Å². The second-order valence-corrected chi connectivity index (χ2v) is 11.2. The summed E-state index contributed by atoms with van der Waals surface area (Å²) in [5.41, 5.74) is 0.853. The van der Waals surface area contributed by atoms with E-state index in [1.165, 1.54) is 44.9 Å². The van der Waals surface area contributed by atoms with Crippen LogP contribution in [-0.4, -0.2) is 17.2 Å². The number of hydrogen-bond acceptors (Lipinski definition) is 3. The van der Waals surface area contributed by atoms with E-state index in [0.717, 1.165) is 42.9 Å². The molecule has 0 aromatic carbocycles. The van der Waals surface area contributed by atoms with Crippen LogP contribution in [0.1, 0.15) is 91.4 Å². The number of hydrogen-bond donors (Lipinski definition) is 2. The van der Waals surface area contributed by atoms with Gasteiger partial charge in [-0.05, 0) is 117 Å². The van der Waals surface area contributed by atoms with Crippen molar-refractivity contribution in [2.45, 2.75) is 97.5 Å². The topological polar surface area (TPSA) is 96.9 Å². The summed E-state index contributed by atoms with van der Waals surface area (Å²) in [7, 11) is 0. The minimum Gasteiger partial charge on any atom is -0.550 e. The van der Waals surface area contributed by atoms with Gasteiger partial charge in [0.05, 0.1) is 6.10 Å². The summed E-state index contributed by atoms with van der Waals surface area (Å²) in [6.07, 6.45) is 12.2. The molecule has 162 valence electrons. The molecule has 4 nitrogen and oxygen atoms in total. The molecule has 9 atom stereocenters. The van der Waals surface area contributed by atoms with Gasteiger partial charge >= 0.3 is 0 Å². The number of carbonyl (C=O) groups is 1. The number of carboxylic acid groups (broad SMARTS) is 1. The Hall–Kier alpha value is -0.610. The van der Waals surface area contributed by atoms with Gasteiger partial charge in [-0.2, -0.15) is 0 Å². The molecule has 0 amide bonds. The lowest BCUT2D eigenvalue weighted by molar-refractivity contribution is -0.306. The van der Waals surface area contributed by atoms with Gasteiger partial charge in [-0.3, -0.25) is 0 Å². The summed E-state index contributed by atoms with van der Waals surface area (Å²) < 4.78 is 0. The highest BCUT2D eigenvalue weighted by Crippen LogP contribution is 2.68. The van der Waals surface area contributed by atoms with Gasteiger partial charge in [-0.15, -0.1) is 0 Å². The molecule has 0 spiro atoms. The zero-order chi connectivity index (χ0) is 19.4. The number of aliphatic hydroxyl groups excluding tert-OH is 1. The van der Waals surface area contributed by atoms with Crippen molar-refractivity contribution in [2.75, 3.05) is 0 Å². The molecular weight excluding hydrogens is 350 g/mol. The lowest BCUT2D eigenvalue weighted by Crippen LogP contribution is -2.54. The summed E-state index contributed by atoms with van der Waals surface area (Å²) in [5, 5.41) is 21.1. The first-order chi connectivity index (χ1) is 12.8. The fraction of sp³-hybridized carbons (Fsp3) is 0.958. The average molecular weight is 394 g/mol. The second-order valence-electron chi connectivity index (χ2n) is 11.2. The summed E-state index contributed by atoms with van der Waals surface area (Å²) in [4.78, 5) is 10.9. The molecule has 0 saturated heterocycles. The van der Waals surface area contributed by atoms with Crippen molar-refractivity contribution in [2.24, 2.45) is 46.3 Å². The maximum Gasteiger partial charge on any atom is 0.0543 e. The van der Waals surface area contributed by atoms with Gasteiger partial charge in [-0.1, -0.05) is 20.8 Å². The number of carbonyl (C=O) groups excluding carboxylic acids is 1. The van der Waals surface area contributed by atoms with E-state index in [2.05, 4.69) is 20.8 Å². The van der Waals surface area contributed by atoms with E-state index in [-0.39, 0.29) is 18.7 Å². The molecule has 4 heteroatoms. The fourth-order valence-corrected chi connectivity index (χ4v) is 8.76. The molecule has 4 fully saturated rings. The van der Waals surface area contributed by atoms with Crippen molar-refractivity contribution in [1.29, 1.82) is 0 Å². The van der Waals surface area contributed by atoms with Crippen LogP contribution in [-0.2, 0) is 4.79 Å². The third-order valence-electron chi connectivity index (χ3n) is 10.2. The van der Waals surface area contributed by atoms with E-state index in [1.54, 1.807) is 0 Å². The quantitative estimate of drug-likeness (QED) is 0.733. The highest BCUT2D eigenvalue weighted by molar-refractivity contribution is 5.64. The predicted molar refractivity (Wildman–Crippen MR) is 111 cm³/mol. The van der Waals surface area contributed by atoms with Gasteiger partial charge in [-0.25, -0.2) is 0 Å². The minimum absolute atomic E-state index is 0. The Morgan fingerprint density at radius 1 is 1.04 bits per heavy atom. The van der Waals surface area contributed by atoms with Crippen LogP contribution in [0, 0.1) is 46.3 Å². The average Bonchev–Trinajstić information content (AvgIpc) is 2.97. The number of aliphatic hydroxyl groups is 1. The molecule has 28 heavy (non-hydrogen) atoms. The standard InChI is InChI=1S/C24H40O3.H3N/c1-15(4-9-22(26)27)19-7-8-20-18-6-5-16-14-17(25)10-12-23(16,2)21(18)11-13-24(19,20)3;/h15-21,25H,4-14H2,1-3H3,(H,26,27);1H3/t15-,16?,17-,18+,19-,20+,21+,23+,24-;/m1./s1. The molecule has 5 N–H and O–H groups in total. The van der Waals surface area contributed by atoms with Crippen LogP contribution >= 0.6 is 0 Å². The van der Waals surface area contributed by atoms with E-state index in [4.69, 9.17) is 0 Å². The van der Waals surface area contributed by atoms with Crippen LogP contribution < -0.4 is 11.3 Å². The van der Waals surface area contributed by atoms with Crippen LogP contribution in [0.4, 0.5) is 0 Å². The molecule has 0 bridgehead atoms. The third-order valence-corrected chi connectivity index (χ3v) is 10.2. The normalized spacial score (nSPS) is 48.6. The van der Waals surface area contributed by atoms with Gasteiger partial charge in [0.1, 0.15) is 0 Å². The summed E-state index contributed by atoms with van der Waals surface area (Å²) in [6.45, 7) is 7.38. The van der Waals surface area contributed by atoms with Crippen LogP contribution in [0.2, 0.25) is 0 Å². The zero-order valence-corrected chi connectivity index (χ0v) is 18.6. The van der Waals surface area contributed by atoms with Crippen molar-refractivity contribution >= 4 is 5.97 Å². The first-order valence-electron chi connectivity index (χ1n) is 11.6. The largest absolute Gasteiger partial charge is 0.550 e. The number of carboxylic acids is 1. The van der Waals surface area contributed by atoms with Gasteiger partial charge in [0.25, 0.3) is 0 Å². The lowest BCUT2D eigenvalue weighted by Gasteiger charge is -2.61. The van der Waals surface area contributed by atoms with Gasteiger partial charge in [0.2, 0.25) is 0 Å². The van der Waals surface area contributed by atoms with Crippen LogP contribution in [0.3, 0.4) is 0 Å². The highest BCUT2D eigenvalue weighted by atomic mass is 16.4. The molecule has 0 aromatic rings. The first kappa shape index (κ1) is 22.1. The fourth-order valence-electron chi connectivity index (χ4n) is 8.76. The Balaban J connectivity index is 0.00000225. The molecule has 0 radical (unpaired) electrons. The SMILES string of the molecule is C[C@H](CCC(=O)[O-])[C@H]1CC[C@H]2[C@@H]3CCC4C[C@H](O)CC[C@]4(C)[C@H]3CC[C@]12C.[NH4+]. The van der Waals surface area contributed by atoms with Crippen molar-refractivity contribution in [3.05, 3.63) is 0 Å². The molecule has 4 aliphatic rings. The van der Waals surface area contributed by atoms with E-state index >= 15 is 0 Å². The Labute approximate surface area is 171 Å². The van der Waals surface area contributed by atoms with Crippen molar-refractivity contribution < 1.29 is 15.0 Å². The Morgan fingerprint density at radius 2 is 1.71 bits per heavy atom. The van der Waals surface area contributed by atoms with E-state index < -0.39 is 5.97 Å². The molecule has 0 aromatic heterocycles. The zero-order valence-electron chi connectivity index (χ0n) is 18.6. The minimum atomic E-state index is -0.893. The monoisotopic (exact) mass is 393 g/mol. The second kappa shape index (κ2) is 7.91. The molecular formula is C24H43NO3. The van der Waals surface area contributed by atoms with Gasteiger partial charge in [0, 0.05) is 5.97 Å². The molecule has 0 aliphatic heterocycles. The number of fused-ring (bicyclic) bond motifs is 5. The van der Waals surface area contributed by atoms with Crippen molar-refractivity contribution in [3.63, 3.8) is 0 Å². The highest BCUT2D eigenvalue weighted by Gasteiger charge is 2.60. The summed E-state index contributed by atoms with van der Waals surface area (Å²) in [6, 6.07) is 0. The Kier molecular flexibility index (Phi) is 6.23. The maximum absolute atomic E-state index is 10.9. The van der Waals surface area contributed by atoms with Gasteiger partial charge < -0.3 is 21.2 Å². The summed E-state index contributed by atoms with van der Waals surface area (Å²) in [5.74, 6) is 3.55. The molecule has 0 heterocycles.